The Morgan fingerprint density at radius 3 is 2.67 bits per heavy atom. The summed E-state index contributed by atoms with van der Waals surface area (Å²) < 4.78 is 13.7. The van der Waals surface area contributed by atoms with Gasteiger partial charge in [0.2, 0.25) is 0 Å². The number of benzene rings is 1. The molecule has 0 aromatic heterocycles. The fourth-order valence-corrected chi connectivity index (χ4v) is 3.60. The predicted octanol–water partition coefficient (Wildman–Crippen LogP) is 2.67. The molecule has 4 heteroatoms. The van der Waals surface area contributed by atoms with E-state index in [1.807, 2.05) is 0 Å². The van der Waals surface area contributed by atoms with Gasteiger partial charge in [-0.05, 0) is 49.4 Å². The molecule has 0 aliphatic carbocycles. The molecule has 0 saturated carbocycles. The second-order valence-corrected chi connectivity index (χ2v) is 6.12. The molecular weight excluding hydrogens is 253 g/mol. The molecule has 98 valence electrons. The van der Waals surface area contributed by atoms with E-state index >= 15 is 0 Å². The zero-order chi connectivity index (χ0) is 12.8. The Hall–Kier alpha value is -0.640. The SMILES string of the molecule is OC1(Cc2cc(Cl)ccc2F)CC2CCC(C1)N2. The van der Waals surface area contributed by atoms with Crippen molar-refractivity contribution in [1.29, 1.82) is 0 Å². The van der Waals surface area contributed by atoms with Gasteiger partial charge in [-0.3, -0.25) is 0 Å². The number of fused-ring (bicyclic) bond motifs is 2. The lowest BCUT2D eigenvalue weighted by molar-refractivity contribution is -0.00673. The summed E-state index contributed by atoms with van der Waals surface area (Å²) in [6, 6.07) is 5.30. The number of nitrogens with one attached hydrogen (secondary N) is 1. The molecule has 0 spiro atoms. The molecule has 2 unspecified atom stereocenters. The van der Waals surface area contributed by atoms with Gasteiger partial charge < -0.3 is 10.4 Å². The normalized spacial score (nSPS) is 34.8. The molecule has 1 aromatic carbocycles. The summed E-state index contributed by atoms with van der Waals surface area (Å²) in [5.74, 6) is -0.279. The van der Waals surface area contributed by atoms with Crippen LogP contribution in [-0.4, -0.2) is 22.8 Å². The van der Waals surface area contributed by atoms with Crippen molar-refractivity contribution in [1.82, 2.24) is 5.32 Å². The summed E-state index contributed by atoms with van der Waals surface area (Å²) in [5.41, 5.74) is -0.269. The van der Waals surface area contributed by atoms with Crippen LogP contribution in [0, 0.1) is 5.82 Å². The minimum Gasteiger partial charge on any atom is -0.389 e. The van der Waals surface area contributed by atoms with Crippen LogP contribution in [0.2, 0.25) is 5.02 Å². The molecule has 2 aliphatic rings. The van der Waals surface area contributed by atoms with Crippen LogP contribution in [0.15, 0.2) is 18.2 Å². The van der Waals surface area contributed by atoms with Gasteiger partial charge in [-0.2, -0.15) is 0 Å². The number of rotatable bonds is 2. The molecule has 0 amide bonds. The molecule has 2 bridgehead atoms. The molecule has 18 heavy (non-hydrogen) atoms. The Kier molecular flexibility index (Phi) is 3.08. The van der Waals surface area contributed by atoms with Crippen LogP contribution in [0.3, 0.4) is 0 Å². The number of hydrogen-bond acceptors (Lipinski definition) is 2. The summed E-state index contributed by atoms with van der Waals surface area (Å²) >= 11 is 5.89. The highest BCUT2D eigenvalue weighted by Crippen LogP contribution is 2.36. The van der Waals surface area contributed by atoms with E-state index in [4.69, 9.17) is 11.6 Å². The number of halogens is 2. The van der Waals surface area contributed by atoms with Gasteiger partial charge in [-0.15, -0.1) is 0 Å². The first kappa shape index (κ1) is 12.4. The van der Waals surface area contributed by atoms with Crippen molar-refractivity contribution in [2.24, 2.45) is 0 Å². The fourth-order valence-electron chi connectivity index (χ4n) is 3.40. The predicted molar refractivity (Wildman–Crippen MR) is 69.2 cm³/mol. The Morgan fingerprint density at radius 1 is 1.33 bits per heavy atom. The molecule has 0 radical (unpaired) electrons. The average Bonchev–Trinajstić information content (AvgIpc) is 2.64. The summed E-state index contributed by atoms with van der Waals surface area (Å²) in [5, 5.41) is 14.7. The molecule has 2 saturated heterocycles. The van der Waals surface area contributed by atoms with Crippen molar-refractivity contribution in [3.05, 3.63) is 34.6 Å². The van der Waals surface area contributed by atoms with E-state index < -0.39 is 5.60 Å². The summed E-state index contributed by atoms with van der Waals surface area (Å²) in [6.07, 6.45) is 4.00. The van der Waals surface area contributed by atoms with Crippen molar-refractivity contribution in [2.75, 3.05) is 0 Å². The van der Waals surface area contributed by atoms with Gasteiger partial charge in [0.15, 0.2) is 0 Å². The van der Waals surface area contributed by atoms with Crippen LogP contribution in [0.5, 0.6) is 0 Å². The minimum absolute atomic E-state index is 0.279. The van der Waals surface area contributed by atoms with E-state index in [0.717, 1.165) is 12.8 Å². The van der Waals surface area contributed by atoms with Gasteiger partial charge >= 0.3 is 0 Å². The molecule has 1 aromatic rings. The highest BCUT2D eigenvalue weighted by atomic mass is 35.5. The van der Waals surface area contributed by atoms with Crippen molar-refractivity contribution >= 4 is 11.6 Å². The van der Waals surface area contributed by atoms with Crippen LogP contribution in [0.4, 0.5) is 4.39 Å². The van der Waals surface area contributed by atoms with Crippen LogP contribution in [0.1, 0.15) is 31.2 Å². The maximum atomic E-state index is 13.7. The number of hydrogen-bond donors (Lipinski definition) is 2. The first-order valence-electron chi connectivity index (χ1n) is 6.46. The Balaban J connectivity index is 1.81. The van der Waals surface area contributed by atoms with Crippen LogP contribution in [-0.2, 0) is 6.42 Å². The number of aliphatic hydroxyl groups is 1. The third kappa shape index (κ3) is 2.40. The fraction of sp³-hybridized carbons (Fsp3) is 0.571. The minimum atomic E-state index is -0.789. The highest BCUT2D eigenvalue weighted by molar-refractivity contribution is 6.30. The Labute approximate surface area is 111 Å². The van der Waals surface area contributed by atoms with E-state index in [1.165, 1.54) is 12.1 Å². The molecule has 2 fully saturated rings. The quantitative estimate of drug-likeness (QED) is 0.865. The Bertz CT molecular complexity index is 453. The van der Waals surface area contributed by atoms with Crippen molar-refractivity contribution in [2.45, 2.75) is 49.8 Å². The maximum absolute atomic E-state index is 13.7. The van der Waals surface area contributed by atoms with Crippen molar-refractivity contribution in [3.63, 3.8) is 0 Å². The van der Waals surface area contributed by atoms with Gasteiger partial charge in [-0.25, -0.2) is 4.39 Å². The van der Waals surface area contributed by atoms with Crippen LogP contribution in [0.25, 0.3) is 0 Å². The van der Waals surface area contributed by atoms with E-state index in [0.29, 0.717) is 41.9 Å². The van der Waals surface area contributed by atoms with Gasteiger partial charge in [0.25, 0.3) is 0 Å². The third-order valence-corrected chi connectivity index (χ3v) is 4.35. The standard InChI is InChI=1S/C14H17ClFNO/c15-10-1-4-13(16)9(5-10)6-14(18)7-11-2-3-12(8-14)17-11/h1,4-5,11-12,17-18H,2-3,6-8H2. The van der Waals surface area contributed by atoms with E-state index in [-0.39, 0.29) is 5.82 Å². The Morgan fingerprint density at radius 2 is 2.00 bits per heavy atom. The molecule has 2 N–H and O–H groups in total. The van der Waals surface area contributed by atoms with E-state index in [9.17, 15) is 9.50 Å². The van der Waals surface area contributed by atoms with Crippen LogP contribution < -0.4 is 5.32 Å². The monoisotopic (exact) mass is 269 g/mol. The molecule has 3 rings (SSSR count). The lowest BCUT2D eigenvalue weighted by Crippen LogP contribution is -2.49. The van der Waals surface area contributed by atoms with Crippen molar-refractivity contribution < 1.29 is 9.50 Å². The summed E-state index contributed by atoms with van der Waals surface area (Å²) in [4.78, 5) is 0. The molecule has 2 nitrogen and oxygen atoms in total. The zero-order valence-corrected chi connectivity index (χ0v) is 10.9. The summed E-state index contributed by atoms with van der Waals surface area (Å²) in [7, 11) is 0. The lowest BCUT2D eigenvalue weighted by Gasteiger charge is -2.37. The molecular formula is C14H17ClFNO. The topological polar surface area (TPSA) is 32.3 Å². The highest BCUT2D eigenvalue weighted by Gasteiger charge is 2.42. The first-order valence-corrected chi connectivity index (χ1v) is 6.84. The molecule has 2 atom stereocenters. The third-order valence-electron chi connectivity index (χ3n) is 4.11. The number of piperidine rings is 1. The average molecular weight is 270 g/mol. The van der Waals surface area contributed by atoms with Gasteiger partial charge in [-0.1, -0.05) is 11.6 Å². The lowest BCUT2D eigenvalue weighted by atomic mass is 9.82. The van der Waals surface area contributed by atoms with Gasteiger partial charge in [0.05, 0.1) is 5.60 Å². The van der Waals surface area contributed by atoms with Crippen molar-refractivity contribution in [3.8, 4) is 0 Å². The van der Waals surface area contributed by atoms with Crippen LogP contribution >= 0.6 is 11.6 Å². The maximum Gasteiger partial charge on any atom is 0.126 e. The van der Waals surface area contributed by atoms with Gasteiger partial charge in [0.1, 0.15) is 5.82 Å². The molecule has 2 aliphatic heterocycles. The zero-order valence-electron chi connectivity index (χ0n) is 10.1. The largest absolute Gasteiger partial charge is 0.389 e. The second-order valence-electron chi connectivity index (χ2n) is 5.68. The summed E-state index contributed by atoms with van der Waals surface area (Å²) in [6.45, 7) is 0. The molecule has 2 heterocycles. The smallest absolute Gasteiger partial charge is 0.126 e. The second kappa shape index (κ2) is 4.48. The first-order chi connectivity index (χ1) is 8.54. The van der Waals surface area contributed by atoms with Gasteiger partial charge in [0, 0.05) is 23.5 Å². The van der Waals surface area contributed by atoms with E-state index in [1.54, 1.807) is 6.07 Å². The van der Waals surface area contributed by atoms with E-state index in [2.05, 4.69) is 5.32 Å².